The van der Waals surface area contributed by atoms with E-state index in [1.165, 1.54) is 5.56 Å². The number of hydrogen-bond acceptors (Lipinski definition) is 1. The molecule has 17 heavy (non-hydrogen) atoms. The van der Waals surface area contributed by atoms with E-state index in [-0.39, 0.29) is 5.41 Å². The maximum Gasteiger partial charge on any atom is 0.0968 e. The molecule has 0 aliphatic rings. The molecule has 0 aliphatic carbocycles. The highest BCUT2D eigenvalue weighted by Crippen LogP contribution is 2.27. The number of halogens is 1. The van der Waals surface area contributed by atoms with Crippen LogP contribution in [0, 0.1) is 5.92 Å². The van der Waals surface area contributed by atoms with Crippen molar-refractivity contribution in [2.45, 2.75) is 33.1 Å². The molecule has 1 aromatic rings. The average molecular weight is 253 g/mol. The first-order chi connectivity index (χ1) is 7.83. The fourth-order valence-electron chi connectivity index (χ4n) is 1.43. The first-order valence-electron chi connectivity index (χ1n) is 5.90. The third kappa shape index (κ3) is 4.08. The van der Waals surface area contributed by atoms with Crippen molar-refractivity contribution in [1.29, 1.82) is 0 Å². The maximum absolute atomic E-state index is 6.01. The second-order valence-corrected chi connectivity index (χ2v) is 5.74. The predicted octanol–water partition coefficient (Wildman–Crippen LogP) is 4.80. The Balaban J connectivity index is 2.72. The molecule has 0 saturated carbocycles. The van der Waals surface area contributed by atoms with Crippen molar-refractivity contribution in [3.8, 4) is 0 Å². The van der Waals surface area contributed by atoms with Crippen molar-refractivity contribution in [2.24, 2.45) is 5.92 Å². The summed E-state index contributed by atoms with van der Waals surface area (Å²) in [5, 5.41) is 0.762. The van der Waals surface area contributed by atoms with Crippen molar-refractivity contribution in [2.75, 3.05) is 6.61 Å². The maximum atomic E-state index is 6.01. The van der Waals surface area contributed by atoms with Gasteiger partial charge in [0.1, 0.15) is 0 Å². The summed E-state index contributed by atoms with van der Waals surface area (Å²) in [7, 11) is 0. The SMILES string of the molecule is C=C(OCC(C)(C)c1cccc(Cl)c1)C(C)C. The van der Waals surface area contributed by atoms with Crippen LogP contribution in [0.1, 0.15) is 33.3 Å². The molecule has 0 aromatic heterocycles. The zero-order chi connectivity index (χ0) is 13.1. The monoisotopic (exact) mass is 252 g/mol. The van der Waals surface area contributed by atoms with Crippen LogP contribution < -0.4 is 0 Å². The summed E-state index contributed by atoms with van der Waals surface area (Å²) in [6, 6.07) is 7.92. The van der Waals surface area contributed by atoms with E-state index < -0.39 is 0 Å². The highest BCUT2D eigenvalue weighted by Gasteiger charge is 2.22. The highest BCUT2D eigenvalue weighted by atomic mass is 35.5. The first kappa shape index (κ1) is 14.1. The van der Waals surface area contributed by atoms with Crippen LogP contribution in [-0.2, 0) is 10.2 Å². The van der Waals surface area contributed by atoms with Gasteiger partial charge in [0.15, 0.2) is 0 Å². The third-order valence-corrected chi connectivity index (χ3v) is 3.10. The zero-order valence-corrected chi connectivity index (χ0v) is 11.8. The van der Waals surface area contributed by atoms with Gasteiger partial charge in [-0.2, -0.15) is 0 Å². The molecule has 0 fully saturated rings. The highest BCUT2D eigenvalue weighted by molar-refractivity contribution is 6.30. The van der Waals surface area contributed by atoms with E-state index in [9.17, 15) is 0 Å². The van der Waals surface area contributed by atoms with E-state index >= 15 is 0 Å². The van der Waals surface area contributed by atoms with Gasteiger partial charge < -0.3 is 4.74 Å². The lowest BCUT2D eigenvalue weighted by molar-refractivity contribution is 0.140. The fraction of sp³-hybridized carbons (Fsp3) is 0.467. The molecule has 0 saturated heterocycles. The Kier molecular flexibility index (Phi) is 4.64. The van der Waals surface area contributed by atoms with Crippen LogP contribution in [0.4, 0.5) is 0 Å². The van der Waals surface area contributed by atoms with Gasteiger partial charge in [-0.1, -0.05) is 58.0 Å². The van der Waals surface area contributed by atoms with Crippen molar-refractivity contribution in [1.82, 2.24) is 0 Å². The molecule has 0 heterocycles. The summed E-state index contributed by atoms with van der Waals surface area (Å²) in [6.07, 6.45) is 0. The van der Waals surface area contributed by atoms with E-state index in [1.807, 2.05) is 18.2 Å². The van der Waals surface area contributed by atoms with Gasteiger partial charge in [0.25, 0.3) is 0 Å². The Morgan fingerprint density at radius 1 is 1.41 bits per heavy atom. The first-order valence-corrected chi connectivity index (χ1v) is 6.28. The standard InChI is InChI=1S/C15H21ClO/c1-11(2)12(3)17-10-15(4,5)13-7-6-8-14(16)9-13/h6-9,11H,3,10H2,1-2,4-5H3. The van der Waals surface area contributed by atoms with Gasteiger partial charge in [0.05, 0.1) is 12.4 Å². The van der Waals surface area contributed by atoms with Crippen LogP contribution in [0.3, 0.4) is 0 Å². The van der Waals surface area contributed by atoms with E-state index in [4.69, 9.17) is 16.3 Å². The van der Waals surface area contributed by atoms with Gasteiger partial charge in [0.2, 0.25) is 0 Å². The molecule has 0 radical (unpaired) electrons. The van der Waals surface area contributed by atoms with E-state index in [2.05, 4.69) is 40.3 Å². The minimum Gasteiger partial charge on any atom is -0.497 e. The van der Waals surface area contributed by atoms with E-state index in [1.54, 1.807) is 0 Å². The minimum absolute atomic E-state index is 0.0667. The summed E-state index contributed by atoms with van der Waals surface area (Å²) in [5.74, 6) is 1.19. The second kappa shape index (κ2) is 5.59. The van der Waals surface area contributed by atoms with Gasteiger partial charge >= 0.3 is 0 Å². The number of rotatable bonds is 5. The van der Waals surface area contributed by atoms with Crippen LogP contribution in [0.2, 0.25) is 5.02 Å². The summed E-state index contributed by atoms with van der Waals surface area (Å²) < 4.78 is 5.72. The van der Waals surface area contributed by atoms with Crippen LogP contribution in [0.15, 0.2) is 36.6 Å². The van der Waals surface area contributed by atoms with Gasteiger partial charge in [-0.3, -0.25) is 0 Å². The van der Waals surface area contributed by atoms with Crippen LogP contribution in [0.5, 0.6) is 0 Å². The molecule has 0 N–H and O–H groups in total. The molecule has 1 rings (SSSR count). The molecule has 0 aliphatic heterocycles. The van der Waals surface area contributed by atoms with Gasteiger partial charge in [-0.15, -0.1) is 0 Å². The minimum atomic E-state index is -0.0667. The number of allylic oxidation sites excluding steroid dienone is 1. The third-order valence-electron chi connectivity index (χ3n) is 2.87. The Labute approximate surface area is 109 Å². The summed E-state index contributed by atoms with van der Waals surface area (Å²) >= 11 is 6.01. The molecule has 0 bridgehead atoms. The normalized spacial score (nSPS) is 11.6. The predicted molar refractivity (Wildman–Crippen MR) is 74.4 cm³/mol. The number of hydrogen-bond donors (Lipinski definition) is 0. The molecule has 1 nitrogen and oxygen atoms in total. The average Bonchev–Trinajstić information content (AvgIpc) is 2.26. The van der Waals surface area contributed by atoms with Crippen LogP contribution in [0.25, 0.3) is 0 Å². The van der Waals surface area contributed by atoms with E-state index in [0.717, 1.165) is 10.8 Å². The molecule has 0 spiro atoms. The van der Waals surface area contributed by atoms with Gasteiger partial charge in [-0.25, -0.2) is 0 Å². The van der Waals surface area contributed by atoms with E-state index in [0.29, 0.717) is 12.5 Å². The topological polar surface area (TPSA) is 9.23 Å². The smallest absolute Gasteiger partial charge is 0.0968 e. The second-order valence-electron chi connectivity index (χ2n) is 5.30. The molecule has 0 atom stereocenters. The molecule has 0 unspecified atom stereocenters. The van der Waals surface area contributed by atoms with Crippen molar-refractivity contribution >= 4 is 11.6 Å². The Bertz CT molecular complexity index is 394. The zero-order valence-electron chi connectivity index (χ0n) is 11.1. The van der Waals surface area contributed by atoms with Crippen molar-refractivity contribution in [3.05, 3.63) is 47.2 Å². The lowest BCUT2D eigenvalue weighted by Gasteiger charge is -2.27. The largest absolute Gasteiger partial charge is 0.497 e. The lowest BCUT2D eigenvalue weighted by atomic mass is 9.85. The van der Waals surface area contributed by atoms with Gasteiger partial charge in [0, 0.05) is 16.4 Å². The molecular weight excluding hydrogens is 232 g/mol. The summed E-state index contributed by atoms with van der Waals surface area (Å²) in [6.45, 7) is 13.0. The van der Waals surface area contributed by atoms with Crippen molar-refractivity contribution in [3.63, 3.8) is 0 Å². The fourth-order valence-corrected chi connectivity index (χ4v) is 1.62. The molecule has 1 aromatic carbocycles. The molecule has 2 heteroatoms. The molecule has 0 amide bonds. The Hall–Kier alpha value is -0.950. The van der Waals surface area contributed by atoms with Crippen LogP contribution in [-0.4, -0.2) is 6.61 Å². The summed E-state index contributed by atoms with van der Waals surface area (Å²) in [4.78, 5) is 0. The van der Waals surface area contributed by atoms with Crippen molar-refractivity contribution < 1.29 is 4.74 Å². The van der Waals surface area contributed by atoms with Gasteiger partial charge in [-0.05, 0) is 17.7 Å². The van der Waals surface area contributed by atoms with Crippen LogP contribution >= 0.6 is 11.6 Å². The molecular formula is C15H21ClO. The Morgan fingerprint density at radius 3 is 2.59 bits per heavy atom. The summed E-state index contributed by atoms with van der Waals surface area (Å²) in [5.41, 5.74) is 1.12. The number of ether oxygens (including phenoxy) is 1. The lowest BCUT2D eigenvalue weighted by Crippen LogP contribution is -2.24. The number of benzene rings is 1. The Morgan fingerprint density at radius 2 is 2.06 bits per heavy atom. The quantitative estimate of drug-likeness (QED) is 0.684. The molecule has 94 valence electrons.